The van der Waals surface area contributed by atoms with Gasteiger partial charge in [-0.2, -0.15) is 5.10 Å². The fourth-order valence-corrected chi connectivity index (χ4v) is 1.31. The highest BCUT2D eigenvalue weighted by Crippen LogP contribution is 2.15. The van der Waals surface area contributed by atoms with Crippen molar-refractivity contribution in [1.29, 1.82) is 0 Å². The number of nitrogens with two attached hydrogens (primary N) is 1. The number of hydrogen-bond acceptors (Lipinski definition) is 2. The summed E-state index contributed by atoms with van der Waals surface area (Å²) < 4.78 is 15.5. The van der Waals surface area contributed by atoms with Gasteiger partial charge in [0.1, 0.15) is 5.67 Å². The van der Waals surface area contributed by atoms with Crippen molar-refractivity contribution in [3.8, 4) is 0 Å². The first kappa shape index (κ1) is 9.76. The minimum absolute atomic E-state index is 0.236. The summed E-state index contributed by atoms with van der Waals surface area (Å²) in [5.41, 5.74) is 4.25. The number of halogens is 2. The maximum absolute atomic E-state index is 13.1. The van der Waals surface area contributed by atoms with Crippen LogP contribution >= 0.6 is 22.6 Å². The molecule has 1 aromatic heterocycles. The van der Waals surface area contributed by atoms with Gasteiger partial charge in [0.2, 0.25) is 0 Å². The normalized spacial score (nSPS) is 12.0. The molecule has 0 fully saturated rings. The highest BCUT2D eigenvalue weighted by molar-refractivity contribution is 14.1. The molecule has 0 aliphatic rings. The molecule has 0 spiro atoms. The summed E-state index contributed by atoms with van der Waals surface area (Å²) >= 11 is 2.07. The Hall–Kier alpha value is -0.330. The molecule has 1 aromatic rings. The highest BCUT2D eigenvalue weighted by Gasteiger charge is 2.17. The van der Waals surface area contributed by atoms with Crippen molar-refractivity contribution < 1.29 is 4.39 Å². The van der Waals surface area contributed by atoms with Crippen molar-refractivity contribution in [2.24, 2.45) is 0 Å². The van der Waals surface area contributed by atoms with E-state index in [1.807, 2.05) is 0 Å². The van der Waals surface area contributed by atoms with E-state index < -0.39 is 5.67 Å². The number of nitrogen functional groups attached to an aromatic ring is 1. The number of aromatic nitrogens is 2. The molecule has 68 valence electrons. The zero-order valence-electron chi connectivity index (χ0n) is 7.01. The fraction of sp³-hybridized carbons (Fsp3) is 0.571. The van der Waals surface area contributed by atoms with Crippen LogP contribution in [0.4, 0.5) is 10.2 Å². The molecular formula is C7H11FIN3. The predicted octanol–water partition coefficient (Wildman–Crippen LogP) is 1.82. The molecule has 1 heterocycles. The van der Waals surface area contributed by atoms with Crippen LogP contribution in [0.15, 0.2) is 6.20 Å². The van der Waals surface area contributed by atoms with Gasteiger partial charge in [-0.25, -0.2) is 4.39 Å². The summed E-state index contributed by atoms with van der Waals surface area (Å²) in [6.07, 6.45) is 1.73. The van der Waals surface area contributed by atoms with Gasteiger partial charge in [-0.3, -0.25) is 4.68 Å². The molecule has 0 aromatic carbocycles. The van der Waals surface area contributed by atoms with Crippen molar-refractivity contribution >= 4 is 28.4 Å². The lowest BCUT2D eigenvalue weighted by Gasteiger charge is -2.12. The van der Waals surface area contributed by atoms with Crippen molar-refractivity contribution in [3.63, 3.8) is 0 Å². The summed E-state index contributed by atoms with van der Waals surface area (Å²) in [6.45, 7) is 3.26. The van der Waals surface area contributed by atoms with Gasteiger partial charge in [-0.15, -0.1) is 0 Å². The van der Waals surface area contributed by atoms with Gasteiger partial charge in [0, 0.05) is 6.20 Å². The van der Waals surface area contributed by atoms with Gasteiger partial charge in [0.05, 0.1) is 10.1 Å². The molecule has 0 bridgehead atoms. The van der Waals surface area contributed by atoms with E-state index in [9.17, 15) is 4.39 Å². The molecule has 0 radical (unpaired) electrons. The minimum Gasteiger partial charge on any atom is -0.381 e. The smallest absolute Gasteiger partial charge is 0.158 e. The third-order valence-corrected chi connectivity index (χ3v) is 2.11. The summed E-state index contributed by atoms with van der Waals surface area (Å²) in [6, 6.07) is 0. The Labute approximate surface area is 84.3 Å². The first-order valence-corrected chi connectivity index (χ1v) is 4.64. The molecular weight excluding hydrogens is 272 g/mol. The Morgan fingerprint density at radius 2 is 2.33 bits per heavy atom. The Balaban J connectivity index is 2.77. The monoisotopic (exact) mass is 283 g/mol. The molecule has 5 heteroatoms. The largest absolute Gasteiger partial charge is 0.381 e. The maximum Gasteiger partial charge on any atom is 0.158 e. The van der Waals surface area contributed by atoms with Crippen molar-refractivity contribution in [2.75, 3.05) is 5.73 Å². The molecule has 0 unspecified atom stereocenters. The lowest BCUT2D eigenvalue weighted by Crippen LogP contribution is -2.21. The second-order valence-electron chi connectivity index (χ2n) is 3.28. The van der Waals surface area contributed by atoms with Crippen molar-refractivity contribution in [1.82, 2.24) is 9.78 Å². The Bertz CT molecular complexity index is 257. The van der Waals surface area contributed by atoms with Crippen molar-refractivity contribution in [2.45, 2.75) is 26.1 Å². The number of alkyl halides is 1. The number of rotatable bonds is 2. The molecule has 2 N–H and O–H groups in total. The minimum atomic E-state index is -1.25. The molecule has 0 amide bonds. The van der Waals surface area contributed by atoms with Gasteiger partial charge in [0.25, 0.3) is 0 Å². The summed E-state index contributed by atoms with van der Waals surface area (Å²) in [4.78, 5) is 0. The zero-order chi connectivity index (χ0) is 9.35. The highest BCUT2D eigenvalue weighted by atomic mass is 127. The first-order valence-electron chi connectivity index (χ1n) is 3.56. The lowest BCUT2D eigenvalue weighted by molar-refractivity contribution is 0.179. The molecule has 1 rings (SSSR count). The Morgan fingerprint density at radius 1 is 1.75 bits per heavy atom. The Morgan fingerprint density at radius 3 is 2.67 bits per heavy atom. The molecule has 3 nitrogen and oxygen atoms in total. The van der Waals surface area contributed by atoms with Gasteiger partial charge >= 0.3 is 0 Å². The SMILES string of the molecule is CC(C)(F)Cn1cc(I)c(N)n1. The fourth-order valence-electron chi connectivity index (χ4n) is 0.878. The molecule has 0 saturated carbocycles. The van der Waals surface area contributed by atoms with Crippen LogP contribution in [0.2, 0.25) is 0 Å². The third-order valence-electron chi connectivity index (χ3n) is 1.28. The standard InChI is InChI=1S/C7H11FIN3/c1-7(2,8)4-12-3-5(9)6(10)11-12/h3H,4H2,1-2H3,(H2,10,11). The van der Waals surface area contributed by atoms with E-state index in [1.165, 1.54) is 18.5 Å². The second kappa shape index (κ2) is 3.20. The first-order chi connectivity index (χ1) is 5.38. The quantitative estimate of drug-likeness (QED) is 0.841. The van der Waals surface area contributed by atoms with Crippen LogP contribution in [0.3, 0.4) is 0 Å². The number of hydrogen-bond donors (Lipinski definition) is 1. The van der Waals surface area contributed by atoms with Crippen LogP contribution in [0.25, 0.3) is 0 Å². The maximum atomic E-state index is 13.1. The van der Waals surface area contributed by atoms with E-state index in [0.29, 0.717) is 5.82 Å². The predicted molar refractivity (Wildman–Crippen MR) is 54.5 cm³/mol. The van der Waals surface area contributed by atoms with Crippen LogP contribution in [-0.2, 0) is 6.54 Å². The topological polar surface area (TPSA) is 43.8 Å². The second-order valence-corrected chi connectivity index (χ2v) is 4.44. The van der Waals surface area contributed by atoms with E-state index in [2.05, 4.69) is 27.7 Å². The summed E-state index contributed by atoms with van der Waals surface area (Å²) in [7, 11) is 0. The van der Waals surface area contributed by atoms with Gasteiger partial charge in [-0.1, -0.05) is 0 Å². The van der Waals surface area contributed by atoms with Gasteiger partial charge in [-0.05, 0) is 36.4 Å². The number of nitrogens with zero attached hydrogens (tertiary/aromatic N) is 2. The Kier molecular flexibility index (Phi) is 2.60. The van der Waals surface area contributed by atoms with Crippen LogP contribution < -0.4 is 5.73 Å². The summed E-state index contributed by atoms with van der Waals surface area (Å²) in [5, 5.41) is 3.94. The zero-order valence-corrected chi connectivity index (χ0v) is 9.17. The van der Waals surface area contributed by atoms with Gasteiger partial charge in [0.15, 0.2) is 5.82 Å². The average molecular weight is 283 g/mol. The van der Waals surface area contributed by atoms with Crippen LogP contribution in [0.1, 0.15) is 13.8 Å². The summed E-state index contributed by atoms with van der Waals surface area (Å²) in [5.74, 6) is 0.458. The van der Waals surface area contributed by atoms with Crippen LogP contribution in [-0.4, -0.2) is 15.4 Å². The van der Waals surface area contributed by atoms with E-state index in [4.69, 9.17) is 5.73 Å². The van der Waals surface area contributed by atoms with Crippen LogP contribution in [0, 0.1) is 3.57 Å². The molecule has 0 aliphatic heterocycles. The average Bonchev–Trinajstić information content (AvgIpc) is 2.07. The molecule has 0 atom stereocenters. The van der Waals surface area contributed by atoms with E-state index in [1.54, 1.807) is 6.20 Å². The number of anilines is 1. The molecule has 12 heavy (non-hydrogen) atoms. The van der Waals surface area contributed by atoms with Gasteiger partial charge < -0.3 is 5.73 Å². The molecule has 0 saturated heterocycles. The van der Waals surface area contributed by atoms with E-state index in [0.717, 1.165) is 3.57 Å². The lowest BCUT2D eigenvalue weighted by atomic mass is 10.2. The third kappa shape index (κ3) is 2.62. The van der Waals surface area contributed by atoms with E-state index in [-0.39, 0.29) is 6.54 Å². The molecule has 0 aliphatic carbocycles. The van der Waals surface area contributed by atoms with E-state index >= 15 is 0 Å². The van der Waals surface area contributed by atoms with Crippen molar-refractivity contribution in [3.05, 3.63) is 9.77 Å². The van der Waals surface area contributed by atoms with Crippen LogP contribution in [0.5, 0.6) is 0 Å².